The van der Waals surface area contributed by atoms with Gasteiger partial charge in [-0.05, 0) is 41.9 Å². The van der Waals surface area contributed by atoms with Crippen LogP contribution in [0.2, 0.25) is 0 Å². The van der Waals surface area contributed by atoms with Crippen molar-refractivity contribution in [1.29, 1.82) is 0 Å². The molecule has 22 heavy (non-hydrogen) atoms. The fourth-order valence-electron chi connectivity index (χ4n) is 2.18. The van der Waals surface area contributed by atoms with E-state index in [9.17, 15) is 9.36 Å². The van der Waals surface area contributed by atoms with Crippen molar-refractivity contribution >= 4 is 14.0 Å². The molecule has 2 unspecified atom stereocenters. The number of carboxylic acids is 1. The molecule has 0 radical (unpaired) electrons. The highest BCUT2D eigenvalue weighted by Gasteiger charge is 2.25. The van der Waals surface area contributed by atoms with Gasteiger partial charge in [-0.25, -0.2) is 4.79 Å². The minimum atomic E-state index is -2.08. The lowest BCUT2D eigenvalue weighted by atomic mass is 10.0. The fraction of sp³-hybridized carbons (Fsp3) is 0.562. The van der Waals surface area contributed by atoms with E-state index in [0.29, 0.717) is 6.54 Å². The summed E-state index contributed by atoms with van der Waals surface area (Å²) >= 11 is 0. The van der Waals surface area contributed by atoms with Gasteiger partial charge in [-0.15, -0.1) is 4.52 Å². The van der Waals surface area contributed by atoms with Crippen molar-refractivity contribution in [2.45, 2.75) is 51.7 Å². The smallest absolute Gasteiger partial charge is 0.478 e. The van der Waals surface area contributed by atoms with Crippen LogP contribution in [-0.2, 0) is 26.8 Å². The Balaban J connectivity index is 2.11. The van der Waals surface area contributed by atoms with Gasteiger partial charge in [0.15, 0.2) is 0 Å². The van der Waals surface area contributed by atoms with Gasteiger partial charge in [0.05, 0.1) is 0 Å². The molecule has 0 aliphatic carbocycles. The number of carboxylic acid groups (broad SMARTS) is 1. The Morgan fingerprint density at radius 3 is 2.45 bits per heavy atom. The van der Waals surface area contributed by atoms with Gasteiger partial charge in [0, 0.05) is 6.54 Å². The molecule has 0 heterocycles. The number of unbranched alkanes of at least 4 members (excludes halogenated alkanes) is 2. The lowest BCUT2D eigenvalue weighted by Crippen LogP contribution is -2.06. The molecule has 122 valence electrons. The number of benzene rings is 1. The quantitative estimate of drug-likeness (QED) is 0.480. The zero-order valence-electron chi connectivity index (χ0n) is 13.0. The summed E-state index contributed by atoms with van der Waals surface area (Å²) in [6.07, 6.45) is 4.40. The van der Waals surface area contributed by atoms with Crippen LogP contribution in [0.25, 0.3) is 0 Å². The van der Waals surface area contributed by atoms with Crippen molar-refractivity contribution in [3.8, 4) is 0 Å². The van der Waals surface area contributed by atoms with Crippen molar-refractivity contribution in [3.05, 3.63) is 35.4 Å². The third-order valence-electron chi connectivity index (χ3n) is 3.40. The van der Waals surface area contributed by atoms with E-state index in [0.717, 1.165) is 37.7 Å². The number of aliphatic carboxylic acids is 1. The van der Waals surface area contributed by atoms with Gasteiger partial charge < -0.3 is 10.8 Å². The highest BCUT2D eigenvalue weighted by atomic mass is 31.1. The van der Waals surface area contributed by atoms with E-state index < -0.39 is 20.2 Å². The molecule has 0 aliphatic heterocycles. The standard InChI is InChI=1S/C16H24NO4P/c1-13(21-22(20)12-16(18)19)5-3-2-4-6-14-7-9-15(11-17)10-8-14/h7-10,13H,2-6,11-12,17H2,1H3/p+1. The first-order valence-electron chi connectivity index (χ1n) is 7.62. The van der Waals surface area contributed by atoms with Gasteiger partial charge in [0.25, 0.3) is 6.16 Å². The maximum Gasteiger partial charge on any atom is 0.520 e. The molecule has 1 aromatic rings. The second-order valence-electron chi connectivity index (χ2n) is 5.42. The van der Waals surface area contributed by atoms with Gasteiger partial charge in [-0.3, -0.25) is 0 Å². The molecule has 0 bridgehead atoms. The fourth-order valence-corrected chi connectivity index (χ4v) is 2.98. The first-order valence-corrected chi connectivity index (χ1v) is 8.98. The largest absolute Gasteiger partial charge is 0.520 e. The van der Waals surface area contributed by atoms with Gasteiger partial charge in [-0.1, -0.05) is 37.1 Å². The maximum atomic E-state index is 11.3. The summed E-state index contributed by atoms with van der Waals surface area (Å²) in [5.74, 6) is -1.09. The Morgan fingerprint density at radius 1 is 1.23 bits per heavy atom. The van der Waals surface area contributed by atoms with E-state index >= 15 is 0 Å². The molecule has 0 aromatic heterocycles. The molecule has 0 aliphatic rings. The molecule has 5 nitrogen and oxygen atoms in total. The Labute approximate surface area is 132 Å². The van der Waals surface area contributed by atoms with Crippen LogP contribution in [0, 0.1) is 0 Å². The summed E-state index contributed by atoms with van der Waals surface area (Å²) < 4.78 is 16.5. The Morgan fingerprint density at radius 2 is 1.86 bits per heavy atom. The third-order valence-corrected chi connectivity index (χ3v) is 4.52. The highest BCUT2D eigenvalue weighted by Crippen LogP contribution is 2.26. The first-order chi connectivity index (χ1) is 10.5. The minimum absolute atomic E-state index is 0.160. The monoisotopic (exact) mass is 326 g/mol. The summed E-state index contributed by atoms with van der Waals surface area (Å²) in [5, 5.41) is 8.51. The van der Waals surface area contributed by atoms with E-state index in [-0.39, 0.29) is 6.10 Å². The van der Waals surface area contributed by atoms with Gasteiger partial charge >= 0.3 is 14.0 Å². The number of hydrogen-bond donors (Lipinski definition) is 2. The predicted molar refractivity (Wildman–Crippen MR) is 87.2 cm³/mol. The average molecular weight is 326 g/mol. The molecule has 2 atom stereocenters. The van der Waals surface area contributed by atoms with Crippen molar-refractivity contribution in [2.75, 3.05) is 6.16 Å². The molecule has 0 amide bonds. The van der Waals surface area contributed by atoms with E-state index in [4.69, 9.17) is 15.4 Å². The van der Waals surface area contributed by atoms with Crippen molar-refractivity contribution < 1.29 is 19.0 Å². The molecule has 0 saturated heterocycles. The van der Waals surface area contributed by atoms with E-state index in [1.807, 2.05) is 6.92 Å². The Hall–Kier alpha value is -1.29. The van der Waals surface area contributed by atoms with Crippen LogP contribution in [-0.4, -0.2) is 23.3 Å². The Bertz CT molecular complexity index is 476. The van der Waals surface area contributed by atoms with Crippen LogP contribution in [0.1, 0.15) is 43.7 Å². The zero-order chi connectivity index (χ0) is 16.4. The van der Waals surface area contributed by atoms with Crippen molar-refractivity contribution in [1.82, 2.24) is 0 Å². The van der Waals surface area contributed by atoms with Crippen LogP contribution in [0.15, 0.2) is 24.3 Å². The van der Waals surface area contributed by atoms with Crippen LogP contribution in [0.5, 0.6) is 0 Å². The van der Waals surface area contributed by atoms with Crippen LogP contribution >= 0.6 is 8.03 Å². The number of nitrogens with two attached hydrogens (primary N) is 1. The summed E-state index contributed by atoms with van der Waals surface area (Å²) in [5.41, 5.74) is 8.02. The summed E-state index contributed by atoms with van der Waals surface area (Å²) in [7, 11) is -2.08. The SMILES string of the molecule is CC(CCCCCc1ccc(CN)cc1)O[P+](=O)CC(=O)O. The van der Waals surface area contributed by atoms with E-state index in [2.05, 4.69) is 24.3 Å². The van der Waals surface area contributed by atoms with E-state index in [1.165, 1.54) is 5.56 Å². The molecule has 0 spiro atoms. The molecule has 0 saturated carbocycles. The van der Waals surface area contributed by atoms with E-state index in [1.54, 1.807) is 0 Å². The first kappa shape index (κ1) is 18.8. The highest BCUT2D eigenvalue weighted by molar-refractivity contribution is 7.40. The minimum Gasteiger partial charge on any atom is -0.478 e. The second kappa shape index (κ2) is 10.4. The third kappa shape index (κ3) is 8.23. The molecular formula is C16H25NO4P+. The number of rotatable bonds is 11. The van der Waals surface area contributed by atoms with Gasteiger partial charge in [0.2, 0.25) is 0 Å². The maximum absolute atomic E-state index is 11.3. The molecule has 6 heteroatoms. The normalized spacial score (nSPS) is 12.9. The van der Waals surface area contributed by atoms with Gasteiger partial charge in [-0.2, -0.15) is 0 Å². The zero-order valence-corrected chi connectivity index (χ0v) is 13.9. The lowest BCUT2D eigenvalue weighted by molar-refractivity contribution is -0.134. The van der Waals surface area contributed by atoms with Crippen molar-refractivity contribution in [2.24, 2.45) is 5.73 Å². The van der Waals surface area contributed by atoms with Gasteiger partial charge in [0.1, 0.15) is 6.10 Å². The Kier molecular flexibility index (Phi) is 8.90. The number of aryl methyl sites for hydroxylation is 1. The summed E-state index contributed by atoms with van der Waals surface area (Å²) in [6.45, 7) is 2.41. The van der Waals surface area contributed by atoms with Crippen LogP contribution in [0.4, 0.5) is 0 Å². The molecule has 3 N–H and O–H groups in total. The van der Waals surface area contributed by atoms with Crippen molar-refractivity contribution in [3.63, 3.8) is 0 Å². The average Bonchev–Trinajstić information content (AvgIpc) is 2.46. The van der Waals surface area contributed by atoms with Crippen LogP contribution in [0.3, 0.4) is 0 Å². The topological polar surface area (TPSA) is 89.6 Å². The molecular weight excluding hydrogens is 301 g/mol. The lowest BCUT2D eigenvalue weighted by Gasteiger charge is -2.06. The summed E-state index contributed by atoms with van der Waals surface area (Å²) in [6, 6.07) is 8.35. The molecule has 1 aromatic carbocycles. The van der Waals surface area contributed by atoms with Crippen LogP contribution < -0.4 is 5.73 Å². The number of hydrogen-bond acceptors (Lipinski definition) is 4. The predicted octanol–water partition coefficient (Wildman–Crippen LogP) is 3.48. The number of carbonyl (C=O) groups is 1. The summed E-state index contributed by atoms with van der Waals surface area (Å²) in [4.78, 5) is 10.4. The molecule has 1 rings (SSSR count). The molecule has 0 fully saturated rings. The second-order valence-corrected chi connectivity index (χ2v) is 6.61.